The lowest BCUT2D eigenvalue weighted by atomic mass is 9.91. The predicted octanol–water partition coefficient (Wildman–Crippen LogP) is 2.94. The number of hydrogen-bond donors (Lipinski definition) is 2. The normalized spacial score (nSPS) is 14.4. The minimum absolute atomic E-state index is 0.0367. The Labute approximate surface area is 123 Å². The van der Waals surface area contributed by atoms with Crippen molar-refractivity contribution in [2.45, 2.75) is 39.2 Å². The quantitative estimate of drug-likeness (QED) is 0.647. The second-order valence-corrected chi connectivity index (χ2v) is 5.73. The highest BCUT2D eigenvalue weighted by Crippen LogP contribution is 2.21. The number of likely N-dealkylation sites (N-methyl/N-ethyl adjacent to an activating group) is 1. The highest BCUT2D eigenvalue weighted by Gasteiger charge is 2.30. The van der Waals surface area contributed by atoms with Crippen LogP contribution < -0.4 is 5.32 Å². The molecule has 0 aromatic heterocycles. The molecule has 0 aliphatic carbocycles. The van der Waals surface area contributed by atoms with Crippen molar-refractivity contribution in [3.63, 3.8) is 0 Å². The first-order valence-corrected chi connectivity index (χ1v) is 7.63. The number of nitrogens with one attached hydrogen (secondary N) is 1. The van der Waals surface area contributed by atoms with Gasteiger partial charge in [-0.05, 0) is 30.9 Å². The van der Waals surface area contributed by atoms with Crippen LogP contribution >= 0.6 is 0 Å². The molecule has 1 aromatic carbocycles. The SMILES string of the molecule is CCNC(CO)(COCCCC(C)C)c1ccccc1. The number of hydrogen-bond acceptors (Lipinski definition) is 3. The summed E-state index contributed by atoms with van der Waals surface area (Å²) in [5.41, 5.74) is 0.585. The Bertz CT molecular complexity index is 353. The average molecular weight is 279 g/mol. The maximum atomic E-state index is 9.86. The van der Waals surface area contributed by atoms with Gasteiger partial charge < -0.3 is 15.2 Å². The van der Waals surface area contributed by atoms with Gasteiger partial charge in [-0.3, -0.25) is 0 Å². The Hall–Kier alpha value is -0.900. The smallest absolute Gasteiger partial charge is 0.0905 e. The Morgan fingerprint density at radius 2 is 1.95 bits per heavy atom. The number of aliphatic hydroxyl groups is 1. The van der Waals surface area contributed by atoms with E-state index >= 15 is 0 Å². The zero-order valence-electron chi connectivity index (χ0n) is 13.1. The molecule has 3 heteroatoms. The van der Waals surface area contributed by atoms with E-state index in [1.54, 1.807) is 0 Å². The van der Waals surface area contributed by atoms with Gasteiger partial charge in [-0.25, -0.2) is 0 Å². The summed E-state index contributed by atoms with van der Waals surface area (Å²) in [7, 11) is 0. The maximum Gasteiger partial charge on any atom is 0.0905 e. The van der Waals surface area contributed by atoms with E-state index in [-0.39, 0.29) is 6.61 Å². The van der Waals surface area contributed by atoms with E-state index in [2.05, 4.69) is 19.2 Å². The third-order valence-corrected chi connectivity index (χ3v) is 3.53. The summed E-state index contributed by atoms with van der Waals surface area (Å²) >= 11 is 0. The summed E-state index contributed by atoms with van der Waals surface area (Å²) in [6.07, 6.45) is 2.25. The van der Waals surface area contributed by atoms with Crippen molar-refractivity contribution in [3.05, 3.63) is 35.9 Å². The zero-order valence-corrected chi connectivity index (χ0v) is 13.1. The van der Waals surface area contributed by atoms with Gasteiger partial charge in [0.25, 0.3) is 0 Å². The molecule has 0 bridgehead atoms. The Balaban J connectivity index is 2.60. The zero-order chi connectivity index (χ0) is 14.8. The van der Waals surface area contributed by atoms with Gasteiger partial charge in [-0.2, -0.15) is 0 Å². The van der Waals surface area contributed by atoms with Gasteiger partial charge in [0.15, 0.2) is 0 Å². The van der Waals surface area contributed by atoms with Crippen LogP contribution in [0.25, 0.3) is 0 Å². The van der Waals surface area contributed by atoms with E-state index in [0.717, 1.165) is 25.1 Å². The lowest BCUT2D eigenvalue weighted by Gasteiger charge is -2.33. The van der Waals surface area contributed by atoms with E-state index in [4.69, 9.17) is 4.74 Å². The molecule has 20 heavy (non-hydrogen) atoms. The van der Waals surface area contributed by atoms with Crippen molar-refractivity contribution in [1.29, 1.82) is 0 Å². The van der Waals surface area contributed by atoms with Crippen molar-refractivity contribution >= 4 is 0 Å². The van der Waals surface area contributed by atoms with Crippen LogP contribution in [0.5, 0.6) is 0 Å². The number of benzene rings is 1. The lowest BCUT2D eigenvalue weighted by molar-refractivity contribution is 0.0320. The molecule has 0 saturated carbocycles. The third kappa shape index (κ3) is 5.23. The van der Waals surface area contributed by atoms with Crippen LogP contribution in [0.1, 0.15) is 39.2 Å². The minimum atomic E-state index is -0.492. The van der Waals surface area contributed by atoms with Crippen molar-refractivity contribution in [2.24, 2.45) is 5.92 Å². The van der Waals surface area contributed by atoms with Gasteiger partial charge in [0.05, 0.1) is 18.8 Å². The molecule has 1 rings (SSSR count). The van der Waals surface area contributed by atoms with E-state index in [9.17, 15) is 5.11 Å². The summed E-state index contributed by atoms with van der Waals surface area (Å²) in [6, 6.07) is 10.1. The summed E-state index contributed by atoms with van der Waals surface area (Å²) in [6.45, 7) is 8.57. The lowest BCUT2D eigenvalue weighted by Crippen LogP contribution is -2.49. The monoisotopic (exact) mass is 279 g/mol. The van der Waals surface area contributed by atoms with E-state index in [0.29, 0.717) is 12.5 Å². The molecule has 1 aromatic rings. The molecule has 1 unspecified atom stereocenters. The molecule has 3 nitrogen and oxygen atoms in total. The summed E-state index contributed by atoms with van der Waals surface area (Å²) in [4.78, 5) is 0. The summed E-state index contributed by atoms with van der Waals surface area (Å²) < 4.78 is 5.82. The Morgan fingerprint density at radius 3 is 2.50 bits per heavy atom. The Kier molecular flexibility index (Phi) is 7.82. The Morgan fingerprint density at radius 1 is 1.25 bits per heavy atom. The van der Waals surface area contributed by atoms with Crippen LogP contribution in [0.15, 0.2) is 30.3 Å². The van der Waals surface area contributed by atoms with Crippen molar-refractivity contribution in [2.75, 3.05) is 26.4 Å². The molecule has 0 radical (unpaired) electrons. The second kappa shape index (κ2) is 9.11. The van der Waals surface area contributed by atoms with Gasteiger partial charge in [-0.15, -0.1) is 0 Å². The highest BCUT2D eigenvalue weighted by atomic mass is 16.5. The van der Waals surface area contributed by atoms with Gasteiger partial charge in [0.1, 0.15) is 0 Å². The van der Waals surface area contributed by atoms with Crippen molar-refractivity contribution in [3.8, 4) is 0 Å². The first-order valence-electron chi connectivity index (χ1n) is 7.63. The van der Waals surface area contributed by atoms with Crippen molar-refractivity contribution in [1.82, 2.24) is 5.32 Å². The van der Waals surface area contributed by atoms with Gasteiger partial charge in [0.2, 0.25) is 0 Å². The molecule has 1 atom stereocenters. The second-order valence-electron chi connectivity index (χ2n) is 5.73. The fourth-order valence-electron chi connectivity index (χ4n) is 2.36. The first-order chi connectivity index (χ1) is 9.64. The van der Waals surface area contributed by atoms with E-state index < -0.39 is 5.54 Å². The molecule has 0 aliphatic heterocycles. The standard InChI is InChI=1S/C17H29NO2/c1-4-18-17(13-19,16-10-6-5-7-11-16)14-20-12-8-9-15(2)3/h5-7,10-11,15,18-19H,4,8-9,12-14H2,1-3H3. The van der Waals surface area contributed by atoms with Crippen LogP contribution in [0.4, 0.5) is 0 Å². The molecule has 2 N–H and O–H groups in total. The fraction of sp³-hybridized carbons (Fsp3) is 0.647. The van der Waals surface area contributed by atoms with Gasteiger partial charge >= 0.3 is 0 Å². The van der Waals surface area contributed by atoms with Crippen LogP contribution in [-0.2, 0) is 10.3 Å². The molecule has 0 heterocycles. The van der Waals surface area contributed by atoms with E-state index in [1.165, 1.54) is 6.42 Å². The number of rotatable bonds is 10. The highest BCUT2D eigenvalue weighted by molar-refractivity contribution is 5.25. The predicted molar refractivity (Wildman–Crippen MR) is 83.8 cm³/mol. The van der Waals surface area contributed by atoms with Crippen LogP contribution in [0.2, 0.25) is 0 Å². The van der Waals surface area contributed by atoms with Crippen LogP contribution in [0, 0.1) is 5.92 Å². The minimum Gasteiger partial charge on any atom is -0.394 e. The maximum absolute atomic E-state index is 9.86. The van der Waals surface area contributed by atoms with Gasteiger partial charge in [0, 0.05) is 6.61 Å². The molecule has 0 amide bonds. The van der Waals surface area contributed by atoms with Crippen LogP contribution in [-0.4, -0.2) is 31.5 Å². The van der Waals surface area contributed by atoms with Crippen molar-refractivity contribution < 1.29 is 9.84 Å². The summed E-state index contributed by atoms with van der Waals surface area (Å²) in [5.74, 6) is 0.712. The largest absolute Gasteiger partial charge is 0.394 e. The first kappa shape index (κ1) is 17.2. The molecular formula is C17H29NO2. The molecule has 0 spiro atoms. The third-order valence-electron chi connectivity index (χ3n) is 3.53. The molecule has 0 saturated heterocycles. The fourth-order valence-corrected chi connectivity index (χ4v) is 2.36. The summed E-state index contributed by atoms with van der Waals surface area (Å²) in [5, 5.41) is 13.3. The topological polar surface area (TPSA) is 41.5 Å². The van der Waals surface area contributed by atoms with E-state index in [1.807, 2.05) is 37.3 Å². The van der Waals surface area contributed by atoms with Crippen LogP contribution in [0.3, 0.4) is 0 Å². The molecule has 0 aliphatic rings. The molecule has 114 valence electrons. The number of aliphatic hydroxyl groups excluding tert-OH is 1. The van der Waals surface area contributed by atoms with Gasteiger partial charge in [-0.1, -0.05) is 51.1 Å². The molecule has 0 fully saturated rings. The molecular weight excluding hydrogens is 250 g/mol. The average Bonchev–Trinajstić information content (AvgIpc) is 2.46. The number of ether oxygens (including phenoxy) is 1.